The number of nitriles is 1. The molecule has 1 saturated carbocycles. The van der Waals surface area contributed by atoms with Gasteiger partial charge < -0.3 is 9.22 Å². The van der Waals surface area contributed by atoms with Crippen molar-refractivity contribution in [3.8, 4) is 6.07 Å². The van der Waals surface area contributed by atoms with Gasteiger partial charge in [-0.3, -0.25) is 4.90 Å². The molecule has 1 fully saturated rings. The third-order valence-electron chi connectivity index (χ3n) is 8.04. The van der Waals surface area contributed by atoms with Crippen LogP contribution in [0.1, 0.15) is 48.1 Å². The van der Waals surface area contributed by atoms with E-state index in [0.717, 1.165) is 41.6 Å². The molecule has 0 spiro atoms. The number of fused-ring (bicyclic) bond motifs is 1. The number of aromatic nitrogens is 3. The highest BCUT2D eigenvalue weighted by atomic mass is 19.4. The van der Waals surface area contributed by atoms with Crippen molar-refractivity contribution in [2.24, 2.45) is 0 Å². The van der Waals surface area contributed by atoms with E-state index < -0.39 is 29.4 Å². The minimum atomic E-state index is -4.60. The Kier molecular flexibility index (Phi) is 7.03. The molecule has 3 aromatic rings. The summed E-state index contributed by atoms with van der Waals surface area (Å²) in [5.41, 5.74) is 0.678. The molecule has 0 unspecified atom stereocenters. The number of anilines is 2. The molecule has 0 saturated heterocycles. The van der Waals surface area contributed by atoms with Gasteiger partial charge in [0.05, 0.1) is 56.6 Å². The van der Waals surface area contributed by atoms with E-state index >= 15 is 0 Å². The van der Waals surface area contributed by atoms with Crippen LogP contribution in [0.25, 0.3) is 0 Å². The Labute approximate surface area is 234 Å². The largest absolute Gasteiger partial charge is 0.466 e. The summed E-state index contributed by atoms with van der Waals surface area (Å²) in [7, 11) is 5.51. The zero-order valence-electron chi connectivity index (χ0n) is 23.1. The smallest absolute Gasteiger partial charge is 0.416 e. The average Bonchev–Trinajstić information content (AvgIpc) is 3.74. The molecule has 0 radical (unpaired) electrons. The zero-order chi connectivity index (χ0) is 29.7. The van der Waals surface area contributed by atoms with E-state index in [1.54, 1.807) is 25.1 Å². The first-order chi connectivity index (χ1) is 19.4. The number of esters is 1. The molecule has 12 heteroatoms. The fourth-order valence-corrected chi connectivity index (χ4v) is 5.60. The number of nitrogens with one attached hydrogen (secondary N) is 1. The number of hydrogen-bond acceptors (Lipinski definition) is 6. The van der Waals surface area contributed by atoms with E-state index in [9.17, 15) is 28.0 Å². The van der Waals surface area contributed by atoms with E-state index in [1.165, 1.54) is 28.7 Å². The lowest BCUT2D eigenvalue weighted by Gasteiger charge is -2.36. The Bertz CT molecular complexity index is 1640. The molecular formula is C29H30F3N6O3+. The van der Waals surface area contributed by atoms with Gasteiger partial charge in [0.15, 0.2) is 0 Å². The number of nitrogens with zero attached hydrogens (tertiary/aromatic N) is 5. The SMILES string of the molecule is COC(=O)C1=C(C)N(c2cccc(C(F)(F)F)c2)c2n[nH]c(=O)n2[C@@H]1c1ccc(C#N)cc1CC[N+](C)(C)C1CC1. The van der Waals surface area contributed by atoms with Crippen LogP contribution in [0.3, 0.4) is 0 Å². The summed E-state index contributed by atoms with van der Waals surface area (Å²) in [6.45, 7) is 2.34. The van der Waals surface area contributed by atoms with Crippen molar-refractivity contribution in [2.45, 2.75) is 44.4 Å². The van der Waals surface area contributed by atoms with Gasteiger partial charge in [0.25, 0.3) is 0 Å². The predicted octanol–water partition coefficient (Wildman–Crippen LogP) is 4.43. The van der Waals surface area contributed by atoms with Crippen molar-refractivity contribution < 1.29 is 27.2 Å². The number of methoxy groups -OCH3 is 1. The Hall–Kier alpha value is -4.37. The Morgan fingerprint density at radius 2 is 1.95 bits per heavy atom. The molecule has 1 aliphatic carbocycles. The maximum Gasteiger partial charge on any atom is 0.416 e. The lowest BCUT2D eigenvalue weighted by Crippen LogP contribution is -2.43. The van der Waals surface area contributed by atoms with Crippen LogP contribution in [0.5, 0.6) is 0 Å². The number of hydrogen-bond donors (Lipinski definition) is 1. The number of likely N-dealkylation sites (N-methyl/N-ethyl adjacent to an activating group) is 1. The molecule has 1 aromatic heterocycles. The van der Waals surface area contributed by atoms with Gasteiger partial charge in [-0.1, -0.05) is 12.1 Å². The highest BCUT2D eigenvalue weighted by Gasteiger charge is 2.42. The van der Waals surface area contributed by atoms with Crippen LogP contribution in [0.15, 0.2) is 58.5 Å². The van der Waals surface area contributed by atoms with Gasteiger partial charge >= 0.3 is 17.8 Å². The minimum Gasteiger partial charge on any atom is -0.466 e. The van der Waals surface area contributed by atoms with Crippen molar-refractivity contribution in [3.05, 3.63) is 86.5 Å². The summed E-state index contributed by atoms with van der Waals surface area (Å²) in [5.74, 6) is -0.721. The number of carbonyl (C=O) groups is 1. The number of quaternary nitrogens is 1. The van der Waals surface area contributed by atoms with Crippen molar-refractivity contribution in [3.63, 3.8) is 0 Å². The lowest BCUT2D eigenvalue weighted by molar-refractivity contribution is -0.900. The first-order valence-corrected chi connectivity index (χ1v) is 13.2. The summed E-state index contributed by atoms with van der Waals surface area (Å²) >= 11 is 0. The first kappa shape index (κ1) is 28.2. The van der Waals surface area contributed by atoms with Gasteiger partial charge in [-0.2, -0.15) is 18.4 Å². The van der Waals surface area contributed by atoms with E-state index in [4.69, 9.17) is 4.74 Å². The molecule has 5 rings (SSSR count). The molecule has 1 N–H and O–H groups in total. The fourth-order valence-electron chi connectivity index (χ4n) is 5.60. The van der Waals surface area contributed by atoms with Crippen LogP contribution in [0, 0.1) is 11.3 Å². The molecule has 41 heavy (non-hydrogen) atoms. The number of allylic oxidation sites excluding steroid dienone is 1. The highest BCUT2D eigenvalue weighted by Crippen LogP contribution is 2.44. The number of halogens is 3. The molecule has 1 atom stereocenters. The first-order valence-electron chi connectivity index (χ1n) is 13.2. The van der Waals surface area contributed by atoms with Gasteiger partial charge in [-0.25, -0.2) is 19.3 Å². The average molecular weight is 568 g/mol. The number of alkyl halides is 3. The third-order valence-corrected chi connectivity index (χ3v) is 8.04. The van der Waals surface area contributed by atoms with E-state index in [-0.39, 0.29) is 22.9 Å². The maximum atomic E-state index is 13.6. The van der Waals surface area contributed by atoms with Gasteiger partial charge in [0.1, 0.15) is 6.04 Å². The van der Waals surface area contributed by atoms with Crippen LogP contribution >= 0.6 is 0 Å². The molecule has 2 aromatic carbocycles. The molecule has 214 valence electrons. The van der Waals surface area contributed by atoms with E-state index in [2.05, 4.69) is 30.4 Å². The van der Waals surface area contributed by atoms with E-state index in [1.807, 2.05) is 0 Å². The summed E-state index contributed by atoms with van der Waals surface area (Å²) < 4.78 is 47.9. The maximum absolute atomic E-state index is 13.6. The van der Waals surface area contributed by atoms with Crippen molar-refractivity contribution in [1.29, 1.82) is 5.26 Å². The molecule has 0 amide bonds. The standard InChI is InChI=1S/C29H29F3N6O3/c1-17-24(26(39)41-4)25(23-11-8-18(16-33)14-19(23)12-13-38(2,3)22-9-10-22)37-27(34-35-28(37)40)36(17)21-7-5-6-20(15-21)29(30,31)32/h5-8,11,14-15,22,25H,9-10,12-13H2,1-4H3/p+1/t25-/m1/s1. The Morgan fingerprint density at radius 1 is 1.22 bits per heavy atom. The van der Waals surface area contributed by atoms with Gasteiger partial charge in [0, 0.05) is 30.6 Å². The summed E-state index contributed by atoms with van der Waals surface area (Å²) in [6.07, 6.45) is -1.74. The summed E-state index contributed by atoms with van der Waals surface area (Å²) in [6, 6.07) is 11.4. The quantitative estimate of drug-likeness (QED) is 0.335. The summed E-state index contributed by atoms with van der Waals surface area (Å²) in [4.78, 5) is 28.0. The van der Waals surface area contributed by atoms with Crippen LogP contribution in [0.4, 0.5) is 24.8 Å². The highest BCUT2D eigenvalue weighted by molar-refractivity contribution is 5.93. The second-order valence-corrected chi connectivity index (χ2v) is 11.0. The number of benzene rings is 2. The molecule has 0 bridgehead atoms. The zero-order valence-corrected chi connectivity index (χ0v) is 23.1. The fraction of sp³-hybridized carbons (Fsp3) is 0.379. The number of rotatable bonds is 7. The topological polar surface area (TPSA) is 104 Å². The monoisotopic (exact) mass is 567 g/mol. The number of H-pyrrole nitrogens is 1. The van der Waals surface area contributed by atoms with Gasteiger partial charge in [0.2, 0.25) is 5.95 Å². The van der Waals surface area contributed by atoms with Crippen LogP contribution in [-0.2, 0) is 22.1 Å². The van der Waals surface area contributed by atoms with E-state index in [0.29, 0.717) is 23.6 Å². The van der Waals surface area contributed by atoms with Crippen molar-refractivity contribution >= 4 is 17.6 Å². The van der Waals surface area contributed by atoms with Crippen molar-refractivity contribution in [1.82, 2.24) is 14.8 Å². The number of carbonyl (C=O) groups excluding carboxylic acids is 1. The van der Waals surface area contributed by atoms with Gasteiger partial charge in [-0.05, 0) is 48.4 Å². The number of ether oxygens (including phenoxy) is 1. The second-order valence-electron chi connectivity index (χ2n) is 11.0. The molecule has 2 aliphatic rings. The number of aromatic amines is 1. The normalized spacial score (nSPS) is 17.3. The summed E-state index contributed by atoms with van der Waals surface area (Å²) in [5, 5.41) is 16.2. The van der Waals surface area contributed by atoms with Crippen LogP contribution in [0.2, 0.25) is 0 Å². The lowest BCUT2D eigenvalue weighted by atomic mass is 9.89. The van der Waals surface area contributed by atoms with Crippen molar-refractivity contribution in [2.75, 3.05) is 32.6 Å². The van der Waals surface area contributed by atoms with Gasteiger partial charge in [-0.15, -0.1) is 5.10 Å². The molecule has 2 heterocycles. The van der Waals surface area contributed by atoms with Crippen LogP contribution in [-0.4, -0.2) is 59.0 Å². The predicted molar refractivity (Wildman–Crippen MR) is 144 cm³/mol. The van der Waals surface area contributed by atoms with Crippen LogP contribution < -0.4 is 10.6 Å². The molecule has 9 nitrogen and oxygen atoms in total. The Balaban J connectivity index is 1.71. The third kappa shape index (κ3) is 5.13. The molecule has 1 aliphatic heterocycles. The Morgan fingerprint density at radius 3 is 2.59 bits per heavy atom. The minimum absolute atomic E-state index is 0.0221. The molecular weight excluding hydrogens is 537 g/mol. The second kappa shape index (κ2) is 10.2.